The number of anilines is 3. The van der Waals surface area contributed by atoms with E-state index in [1.165, 1.54) is 0 Å². The summed E-state index contributed by atoms with van der Waals surface area (Å²) in [6.07, 6.45) is 1.63. The highest BCUT2D eigenvalue weighted by molar-refractivity contribution is 5.51. The zero-order chi connectivity index (χ0) is 17.4. The van der Waals surface area contributed by atoms with Gasteiger partial charge in [0, 0.05) is 46.3 Å². The van der Waals surface area contributed by atoms with E-state index >= 15 is 0 Å². The van der Waals surface area contributed by atoms with Crippen LogP contribution in [0.25, 0.3) is 5.65 Å². The van der Waals surface area contributed by atoms with E-state index < -0.39 is 0 Å². The first kappa shape index (κ1) is 15.6. The van der Waals surface area contributed by atoms with E-state index in [2.05, 4.69) is 35.1 Å². The lowest BCUT2D eigenvalue weighted by Gasteiger charge is -2.36. The molecule has 0 radical (unpaired) electrons. The highest BCUT2D eigenvalue weighted by Gasteiger charge is 2.20. The average molecular weight is 339 g/mol. The number of fused-ring (bicyclic) bond motifs is 1. The van der Waals surface area contributed by atoms with E-state index in [1.807, 2.05) is 44.1 Å². The summed E-state index contributed by atoms with van der Waals surface area (Å²) in [5.41, 5.74) is 0.775. The number of aromatic nitrogens is 6. The molecule has 25 heavy (non-hydrogen) atoms. The molecule has 0 saturated carbocycles. The minimum absolute atomic E-state index is 0.775. The lowest BCUT2D eigenvalue weighted by Crippen LogP contribution is -2.47. The zero-order valence-corrected chi connectivity index (χ0v) is 14.7. The molecule has 0 aromatic carbocycles. The highest BCUT2D eigenvalue weighted by Crippen LogP contribution is 2.20. The van der Waals surface area contributed by atoms with Gasteiger partial charge in [0.25, 0.3) is 0 Å². The van der Waals surface area contributed by atoms with Gasteiger partial charge in [-0.05, 0) is 19.1 Å². The second-order valence-corrected chi connectivity index (χ2v) is 6.31. The first-order valence-electron chi connectivity index (χ1n) is 8.30. The minimum atomic E-state index is 0.775. The molecule has 3 aromatic rings. The van der Waals surface area contributed by atoms with Gasteiger partial charge in [-0.3, -0.25) is 0 Å². The van der Waals surface area contributed by atoms with E-state index in [0.717, 1.165) is 55.1 Å². The quantitative estimate of drug-likeness (QED) is 0.687. The first-order chi connectivity index (χ1) is 12.1. The van der Waals surface area contributed by atoms with Crippen molar-refractivity contribution >= 4 is 23.1 Å². The van der Waals surface area contributed by atoms with Crippen LogP contribution in [0.2, 0.25) is 0 Å². The molecular weight excluding hydrogens is 318 g/mol. The van der Waals surface area contributed by atoms with Gasteiger partial charge in [0.1, 0.15) is 23.8 Å². The molecule has 0 atom stereocenters. The van der Waals surface area contributed by atoms with Crippen molar-refractivity contribution in [3.63, 3.8) is 0 Å². The van der Waals surface area contributed by atoms with Crippen LogP contribution in [0.4, 0.5) is 17.5 Å². The first-order valence-corrected chi connectivity index (χ1v) is 8.30. The third-order valence-corrected chi connectivity index (χ3v) is 4.43. The number of nitrogens with zero attached hydrogens (tertiary/aromatic N) is 9. The Morgan fingerprint density at radius 2 is 1.64 bits per heavy atom. The van der Waals surface area contributed by atoms with E-state index in [1.54, 1.807) is 10.8 Å². The number of rotatable bonds is 3. The van der Waals surface area contributed by atoms with Crippen LogP contribution in [-0.2, 0) is 0 Å². The summed E-state index contributed by atoms with van der Waals surface area (Å²) < 4.78 is 1.79. The fraction of sp³-hybridized carbons (Fsp3) is 0.438. The van der Waals surface area contributed by atoms with Gasteiger partial charge in [-0.25, -0.2) is 9.97 Å². The Hall–Kier alpha value is -2.97. The van der Waals surface area contributed by atoms with Crippen molar-refractivity contribution in [1.82, 2.24) is 29.8 Å². The standard InChI is InChI=1S/C16H21N9/c1-12-19-20-13-4-5-14(21-25(12)13)23-6-8-24(9-7-23)16-10-15(22(2)3)17-11-18-16/h4-5,10-11H,6-9H2,1-3H3. The van der Waals surface area contributed by atoms with Gasteiger partial charge < -0.3 is 14.7 Å². The predicted molar refractivity (Wildman–Crippen MR) is 96.3 cm³/mol. The maximum Gasteiger partial charge on any atom is 0.178 e. The van der Waals surface area contributed by atoms with E-state index in [4.69, 9.17) is 0 Å². The van der Waals surface area contributed by atoms with Crippen LogP contribution in [0, 0.1) is 6.92 Å². The van der Waals surface area contributed by atoms with Crippen LogP contribution in [0.1, 0.15) is 5.82 Å². The Bertz CT molecular complexity index is 880. The molecular formula is C16H21N9. The third kappa shape index (κ3) is 2.92. The second kappa shape index (κ2) is 6.15. The predicted octanol–water partition coefficient (Wildman–Crippen LogP) is 0.615. The van der Waals surface area contributed by atoms with Crippen molar-refractivity contribution in [2.45, 2.75) is 6.92 Å². The van der Waals surface area contributed by atoms with Crippen LogP contribution < -0.4 is 14.7 Å². The van der Waals surface area contributed by atoms with E-state index in [9.17, 15) is 0 Å². The zero-order valence-electron chi connectivity index (χ0n) is 14.7. The summed E-state index contributed by atoms with van der Waals surface area (Å²) >= 11 is 0. The summed E-state index contributed by atoms with van der Waals surface area (Å²) in [6.45, 7) is 5.48. The van der Waals surface area contributed by atoms with Crippen molar-refractivity contribution in [2.24, 2.45) is 0 Å². The number of aryl methyl sites for hydroxylation is 1. The van der Waals surface area contributed by atoms with Crippen molar-refractivity contribution < 1.29 is 0 Å². The van der Waals surface area contributed by atoms with E-state index in [-0.39, 0.29) is 0 Å². The molecule has 0 spiro atoms. The summed E-state index contributed by atoms with van der Waals surface area (Å²) in [4.78, 5) is 15.3. The van der Waals surface area contributed by atoms with Crippen molar-refractivity contribution in [1.29, 1.82) is 0 Å². The Morgan fingerprint density at radius 1 is 0.920 bits per heavy atom. The maximum atomic E-state index is 4.66. The van der Waals surface area contributed by atoms with Crippen molar-refractivity contribution in [2.75, 3.05) is 55.0 Å². The number of piperazine rings is 1. The Labute approximate surface area is 145 Å². The summed E-state index contributed by atoms with van der Waals surface area (Å²) in [7, 11) is 3.97. The highest BCUT2D eigenvalue weighted by atomic mass is 15.4. The topological polar surface area (TPSA) is 78.6 Å². The van der Waals surface area contributed by atoms with Gasteiger partial charge in [0.2, 0.25) is 0 Å². The van der Waals surface area contributed by atoms with Gasteiger partial charge in [-0.2, -0.15) is 4.52 Å². The molecule has 0 amide bonds. The van der Waals surface area contributed by atoms with Crippen LogP contribution in [0.5, 0.6) is 0 Å². The molecule has 0 N–H and O–H groups in total. The molecule has 1 aliphatic heterocycles. The number of hydrogen-bond donors (Lipinski definition) is 0. The molecule has 0 aliphatic carbocycles. The second-order valence-electron chi connectivity index (χ2n) is 6.31. The third-order valence-electron chi connectivity index (χ3n) is 4.43. The van der Waals surface area contributed by atoms with Crippen LogP contribution in [0.15, 0.2) is 24.5 Å². The van der Waals surface area contributed by atoms with Crippen LogP contribution >= 0.6 is 0 Å². The Morgan fingerprint density at radius 3 is 2.36 bits per heavy atom. The molecule has 0 unspecified atom stereocenters. The normalized spacial score (nSPS) is 15.0. The van der Waals surface area contributed by atoms with Crippen molar-refractivity contribution in [3.8, 4) is 0 Å². The molecule has 1 saturated heterocycles. The van der Waals surface area contributed by atoms with Gasteiger partial charge in [0.05, 0.1) is 0 Å². The van der Waals surface area contributed by atoms with Crippen molar-refractivity contribution in [3.05, 3.63) is 30.4 Å². The smallest absolute Gasteiger partial charge is 0.178 e. The Kier molecular flexibility index (Phi) is 3.83. The molecule has 4 rings (SSSR count). The fourth-order valence-corrected chi connectivity index (χ4v) is 2.97. The average Bonchev–Trinajstić information content (AvgIpc) is 3.02. The summed E-state index contributed by atoms with van der Waals surface area (Å²) in [6, 6.07) is 6.00. The molecule has 0 bridgehead atoms. The molecule has 4 heterocycles. The summed E-state index contributed by atoms with van der Waals surface area (Å²) in [5.74, 6) is 3.64. The summed E-state index contributed by atoms with van der Waals surface area (Å²) in [5, 5.41) is 12.8. The largest absolute Gasteiger partial charge is 0.363 e. The molecule has 1 aliphatic rings. The SMILES string of the molecule is Cc1nnc2ccc(N3CCN(c4cc(N(C)C)ncn4)CC3)nn12. The number of hydrogen-bond acceptors (Lipinski definition) is 8. The molecule has 130 valence electrons. The molecule has 9 heteroatoms. The lowest BCUT2D eigenvalue weighted by atomic mass is 10.3. The molecule has 9 nitrogen and oxygen atoms in total. The monoisotopic (exact) mass is 339 g/mol. The molecule has 1 fully saturated rings. The minimum Gasteiger partial charge on any atom is -0.363 e. The Balaban J connectivity index is 1.49. The van der Waals surface area contributed by atoms with Gasteiger partial charge in [0.15, 0.2) is 11.5 Å². The fourth-order valence-electron chi connectivity index (χ4n) is 2.97. The maximum absolute atomic E-state index is 4.66. The van der Waals surface area contributed by atoms with Crippen LogP contribution in [0.3, 0.4) is 0 Å². The molecule has 3 aromatic heterocycles. The van der Waals surface area contributed by atoms with Gasteiger partial charge in [-0.15, -0.1) is 15.3 Å². The van der Waals surface area contributed by atoms with Crippen LogP contribution in [-0.4, -0.2) is 70.1 Å². The van der Waals surface area contributed by atoms with Gasteiger partial charge >= 0.3 is 0 Å². The van der Waals surface area contributed by atoms with E-state index in [0.29, 0.717) is 0 Å². The lowest BCUT2D eigenvalue weighted by molar-refractivity contribution is 0.634. The van der Waals surface area contributed by atoms with Gasteiger partial charge in [-0.1, -0.05) is 0 Å².